The highest BCUT2D eigenvalue weighted by Gasteiger charge is 2.43. The van der Waals surface area contributed by atoms with Gasteiger partial charge in [-0.3, -0.25) is 4.79 Å². The maximum absolute atomic E-state index is 13.1. The van der Waals surface area contributed by atoms with Crippen LogP contribution in [0.5, 0.6) is 0 Å². The summed E-state index contributed by atoms with van der Waals surface area (Å²) in [6.07, 6.45) is 0.947. The molecule has 1 aromatic heterocycles. The van der Waals surface area contributed by atoms with E-state index in [-0.39, 0.29) is 18.9 Å². The Labute approximate surface area is 190 Å². The zero-order chi connectivity index (χ0) is 24.0. The quantitative estimate of drug-likeness (QED) is 0.461. The Hall–Kier alpha value is -3.16. The van der Waals surface area contributed by atoms with Crippen LogP contribution < -0.4 is 0 Å². The SMILES string of the molecule is CCC.O=C(N1CCc2cc(-c3cncn3CCc3ccc(F)cc3)ccc2C1)C(F)(F)F. The van der Waals surface area contributed by atoms with Crippen molar-refractivity contribution in [1.82, 2.24) is 14.5 Å². The third kappa shape index (κ3) is 6.21. The number of aryl methyl sites for hydroxylation is 2. The summed E-state index contributed by atoms with van der Waals surface area (Å²) in [5, 5.41) is 0. The van der Waals surface area contributed by atoms with Gasteiger partial charge in [0.25, 0.3) is 0 Å². The molecule has 0 fully saturated rings. The first-order chi connectivity index (χ1) is 15.7. The van der Waals surface area contributed by atoms with Gasteiger partial charge in [-0.2, -0.15) is 13.2 Å². The maximum Gasteiger partial charge on any atom is 0.471 e. The van der Waals surface area contributed by atoms with Crippen molar-refractivity contribution in [2.45, 2.75) is 52.4 Å². The maximum atomic E-state index is 13.1. The van der Waals surface area contributed by atoms with Crippen molar-refractivity contribution in [3.05, 3.63) is 77.5 Å². The number of rotatable bonds is 4. The molecule has 0 N–H and O–H groups in total. The van der Waals surface area contributed by atoms with Crippen LogP contribution in [-0.2, 0) is 30.7 Å². The number of hydrogen-bond acceptors (Lipinski definition) is 2. The Kier molecular flexibility index (Phi) is 7.89. The van der Waals surface area contributed by atoms with Crippen LogP contribution in [0.1, 0.15) is 37.0 Å². The van der Waals surface area contributed by atoms with Gasteiger partial charge in [-0.1, -0.05) is 44.5 Å². The molecule has 0 radical (unpaired) electrons. The van der Waals surface area contributed by atoms with Crippen LogP contribution in [-0.4, -0.2) is 33.1 Å². The number of alkyl halides is 3. The van der Waals surface area contributed by atoms with Crippen LogP contribution in [0.25, 0.3) is 11.3 Å². The van der Waals surface area contributed by atoms with Crippen LogP contribution in [0.2, 0.25) is 0 Å². The van der Waals surface area contributed by atoms with E-state index in [0.717, 1.165) is 32.8 Å². The van der Waals surface area contributed by atoms with Gasteiger partial charge in [-0.15, -0.1) is 0 Å². The van der Waals surface area contributed by atoms with Gasteiger partial charge in [-0.25, -0.2) is 9.37 Å². The Morgan fingerprint density at radius 1 is 1.06 bits per heavy atom. The highest BCUT2D eigenvalue weighted by Crippen LogP contribution is 2.28. The molecule has 2 aromatic carbocycles. The molecule has 4 rings (SSSR count). The second-order valence-corrected chi connectivity index (χ2v) is 8.01. The van der Waals surface area contributed by atoms with Gasteiger partial charge in [0.2, 0.25) is 0 Å². The first-order valence-electron chi connectivity index (χ1n) is 11.0. The van der Waals surface area contributed by atoms with Gasteiger partial charge in [0.15, 0.2) is 0 Å². The number of amides is 1. The third-order valence-electron chi connectivity index (χ3n) is 5.31. The number of carbonyl (C=O) groups is 1. The van der Waals surface area contributed by atoms with Crippen molar-refractivity contribution in [1.29, 1.82) is 0 Å². The van der Waals surface area contributed by atoms with Crippen molar-refractivity contribution in [2.24, 2.45) is 0 Å². The molecule has 0 atom stereocenters. The molecule has 1 aliphatic heterocycles. The third-order valence-corrected chi connectivity index (χ3v) is 5.31. The summed E-state index contributed by atoms with van der Waals surface area (Å²) in [4.78, 5) is 16.6. The lowest BCUT2D eigenvalue weighted by molar-refractivity contribution is -0.186. The van der Waals surface area contributed by atoms with Gasteiger partial charge in [0.05, 0.1) is 18.2 Å². The minimum absolute atomic E-state index is 0.0403. The zero-order valence-electron chi connectivity index (χ0n) is 18.7. The van der Waals surface area contributed by atoms with Crippen LogP contribution in [0.4, 0.5) is 17.6 Å². The summed E-state index contributed by atoms with van der Waals surface area (Å²) in [5.74, 6) is -2.07. The van der Waals surface area contributed by atoms with E-state index in [1.54, 1.807) is 30.7 Å². The normalized spacial score (nSPS) is 13.2. The van der Waals surface area contributed by atoms with Gasteiger partial charge >= 0.3 is 12.1 Å². The predicted molar refractivity (Wildman–Crippen MR) is 119 cm³/mol. The number of imidazole rings is 1. The van der Waals surface area contributed by atoms with Crippen LogP contribution >= 0.6 is 0 Å². The first kappa shape index (κ1) is 24.5. The highest BCUT2D eigenvalue weighted by atomic mass is 19.4. The Bertz CT molecular complexity index is 1070. The topological polar surface area (TPSA) is 38.1 Å². The second kappa shape index (κ2) is 10.6. The Balaban J connectivity index is 0.000000968. The van der Waals surface area contributed by atoms with E-state index in [2.05, 4.69) is 18.8 Å². The Morgan fingerprint density at radius 2 is 1.76 bits per heavy atom. The summed E-state index contributed by atoms with van der Waals surface area (Å²) >= 11 is 0. The van der Waals surface area contributed by atoms with E-state index in [1.807, 2.05) is 16.7 Å². The smallest absolute Gasteiger partial charge is 0.330 e. The number of aromatic nitrogens is 2. The van der Waals surface area contributed by atoms with E-state index in [9.17, 15) is 22.4 Å². The average molecular weight is 462 g/mol. The van der Waals surface area contributed by atoms with Crippen molar-refractivity contribution in [3.63, 3.8) is 0 Å². The van der Waals surface area contributed by atoms with E-state index in [0.29, 0.717) is 19.4 Å². The number of halogens is 4. The van der Waals surface area contributed by atoms with Gasteiger partial charge < -0.3 is 9.47 Å². The molecule has 4 nitrogen and oxygen atoms in total. The first-order valence-corrected chi connectivity index (χ1v) is 11.0. The monoisotopic (exact) mass is 461 g/mol. The molecular weight excluding hydrogens is 434 g/mol. The summed E-state index contributed by atoms with van der Waals surface area (Å²) < 4.78 is 53.1. The van der Waals surface area contributed by atoms with E-state index < -0.39 is 12.1 Å². The lowest BCUT2D eigenvalue weighted by Crippen LogP contribution is -2.43. The van der Waals surface area contributed by atoms with Crippen molar-refractivity contribution in [3.8, 4) is 11.3 Å². The lowest BCUT2D eigenvalue weighted by Gasteiger charge is -2.29. The molecule has 1 aliphatic rings. The van der Waals surface area contributed by atoms with E-state index in [1.165, 1.54) is 18.6 Å². The average Bonchev–Trinajstić information content (AvgIpc) is 3.26. The molecule has 1 amide bonds. The lowest BCUT2D eigenvalue weighted by atomic mass is 9.96. The van der Waals surface area contributed by atoms with Gasteiger partial charge in [0.1, 0.15) is 5.82 Å². The molecule has 8 heteroatoms. The van der Waals surface area contributed by atoms with Crippen LogP contribution in [0, 0.1) is 5.82 Å². The van der Waals surface area contributed by atoms with Crippen LogP contribution in [0.3, 0.4) is 0 Å². The molecular formula is C25H27F4N3O. The molecule has 0 saturated carbocycles. The summed E-state index contributed by atoms with van der Waals surface area (Å²) in [7, 11) is 0. The van der Waals surface area contributed by atoms with Crippen molar-refractivity contribution in [2.75, 3.05) is 6.54 Å². The molecule has 0 saturated heterocycles. The fourth-order valence-corrected chi connectivity index (χ4v) is 3.70. The van der Waals surface area contributed by atoms with E-state index >= 15 is 0 Å². The number of fused-ring (bicyclic) bond motifs is 1. The molecule has 0 bridgehead atoms. The van der Waals surface area contributed by atoms with Crippen molar-refractivity contribution >= 4 is 5.91 Å². The molecule has 2 heterocycles. The molecule has 0 unspecified atom stereocenters. The number of benzene rings is 2. The Morgan fingerprint density at radius 3 is 2.42 bits per heavy atom. The zero-order valence-corrected chi connectivity index (χ0v) is 18.7. The fourth-order valence-electron chi connectivity index (χ4n) is 3.70. The fraction of sp³-hybridized carbons (Fsp3) is 0.360. The van der Waals surface area contributed by atoms with E-state index in [4.69, 9.17) is 0 Å². The van der Waals surface area contributed by atoms with Gasteiger partial charge in [0, 0.05) is 25.2 Å². The largest absolute Gasteiger partial charge is 0.471 e. The minimum Gasteiger partial charge on any atom is -0.330 e. The van der Waals surface area contributed by atoms with Gasteiger partial charge in [-0.05, 0) is 47.7 Å². The van der Waals surface area contributed by atoms with Crippen LogP contribution in [0.15, 0.2) is 55.0 Å². The summed E-state index contributed by atoms with van der Waals surface area (Å²) in [6, 6.07) is 11.9. The molecule has 33 heavy (non-hydrogen) atoms. The number of carbonyl (C=O) groups excluding carboxylic acids is 1. The highest BCUT2D eigenvalue weighted by molar-refractivity contribution is 5.82. The predicted octanol–water partition coefficient (Wildman–Crippen LogP) is 5.80. The molecule has 0 aliphatic carbocycles. The standard InChI is InChI=1S/C22H19F4N3O.C3H8/c23-19-5-1-15(2-6-19)7-9-29-14-27-12-20(29)17-3-4-18-13-28(10-8-16(18)11-17)21(30)22(24,25)26;1-3-2/h1-6,11-12,14H,7-10,13H2;3H2,1-2H3. The number of hydrogen-bond donors (Lipinski definition) is 0. The molecule has 3 aromatic rings. The molecule has 176 valence electrons. The summed E-state index contributed by atoms with van der Waals surface area (Å²) in [5.41, 5.74) is 4.48. The number of nitrogens with zero attached hydrogens (tertiary/aromatic N) is 3. The van der Waals surface area contributed by atoms with Crippen molar-refractivity contribution < 1.29 is 22.4 Å². The second-order valence-electron chi connectivity index (χ2n) is 8.01. The minimum atomic E-state index is -4.85. The summed E-state index contributed by atoms with van der Waals surface area (Å²) in [6.45, 7) is 4.91. The molecule has 0 spiro atoms.